The van der Waals surface area contributed by atoms with Crippen molar-refractivity contribution in [2.45, 2.75) is 309 Å². The Hall–Kier alpha value is -4.19. The fraction of sp³-hybridized carbons (Fsp3) is 0.685. The Morgan fingerprint density at radius 2 is 0.494 bits per heavy atom. The van der Waals surface area contributed by atoms with E-state index in [9.17, 15) is 14.4 Å². The lowest BCUT2D eigenvalue weighted by molar-refractivity contribution is -0.167. The first-order chi connectivity index (χ1) is 39.0. The maximum absolute atomic E-state index is 12.9. The number of carbonyl (C=O) groups is 3. The largest absolute Gasteiger partial charge is 0.462 e. The number of rotatable bonds is 59. The van der Waals surface area contributed by atoms with E-state index in [0.29, 0.717) is 19.3 Å². The third-order valence-corrected chi connectivity index (χ3v) is 14.0. The second kappa shape index (κ2) is 66.3. The maximum atomic E-state index is 12.9. The van der Waals surface area contributed by atoms with Crippen LogP contribution in [0.15, 0.2) is 122 Å². The summed E-state index contributed by atoms with van der Waals surface area (Å²) in [6, 6.07) is 0. The van der Waals surface area contributed by atoms with E-state index >= 15 is 0 Å². The van der Waals surface area contributed by atoms with Crippen molar-refractivity contribution in [3.8, 4) is 0 Å². The lowest BCUT2D eigenvalue weighted by Crippen LogP contribution is -2.30. The Morgan fingerprint density at radius 3 is 0.797 bits per heavy atom. The minimum absolute atomic E-state index is 0.0946. The molecule has 0 heterocycles. The topological polar surface area (TPSA) is 78.9 Å². The Balaban J connectivity index is 4.36. The molecule has 6 nitrogen and oxygen atoms in total. The Morgan fingerprint density at radius 1 is 0.266 bits per heavy atom. The second-order valence-corrected chi connectivity index (χ2v) is 21.6. The molecule has 0 fully saturated rings. The highest BCUT2D eigenvalue weighted by Gasteiger charge is 2.19. The van der Waals surface area contributed by atoms with Gasteiger partial charge >= 0.3 is 17.9 Å². The molecule has 1 atom stereocenters. The highest BCUT2D eigenvalue weighted by Crippen LogP contribution is 2.16. The van der Waals surface area contributed by atoms with Gasteiger partial charge in [-0.1, -0.05) is 296 Å². The molecule has 0 spiro atoms. The molecule has 0 aliphatic rings. The van der Waals surface area contributed by atoms with E-state index in [2.05, 4.69) is 142 Å². The van der Waals surface area contributed by atoms with Crippen LogP contribution in [0.5, 0.6) is 0 Å². The molecule has 0 amide bonds. The van der Waals surface area contributed by atoms with Crippen LogP contribution in [-0.4, -0.2) is 37.2 Å². The van der Waals surface area contributed by atoms with Crippen LogP contribution in [0.1, 0.15) is 303 Å². The van der Waals surface area contributed by atoms with Crippen LogP contribution in [0.25, 0.3) is 0 Å². The summed E-state index contributed by atoms with van der Waals surface area (Å²) in [5, 5.41) is 0. The SMILES string of the molecule is CC/C=C\C/C=C\C/C=C\C/C=C\C/C=C\C/C=C\CCCCC(=O)OC(COC(=O)CCCCCCCCCCCCCCC)COC(=O)CCCCCCCCCCCCCCCC/C=C\C/C=C\C/C=C\C/C=C\CC. The van der Waals surface area contributed by atoms with E-state index in [-0.39, 0.29) is 37.5 Å². The molecule has 0 rings (SSSR count). The molecular formula is C73H122O6. The zero-order valence-corrected chi connectivity index (χ0v) is 51.6. The molecule has 450 valence electrons. The molecule has 0 N–H and O–H groups in total. The smallest absolute Gasteiger partial charge is 0.306 e. The van der Waals surface area contributed by atoms with Crippen LogP contribution in [0.2, 0.25) is 0 Å². The monoisotopic (exact) mass is 1090 g/mol. The number of ether oxygens (including phenoxy) is 3. The zero-order chi connectivity index (χ0) is 57.1. The summed E-state index contributed by atoms with van der Waals surface area (Å²) in [5.74, 6) is -0.931. The summed E-state index contributed by atoms with van der Waals surface area (Å²) < 4.78 is 16.9. The highest BCUT2D eigenvalue weighted by atomic mass is 16.6. The molecular weight excluding hydrogens is 973 g/mol. The predicted molar refractivity (Wildman–Crippen MR) is 343 cm³/mol. The van der Waals surface area contributed by atoms with Crippen molar-refractivity contribution in [1.82, 2.24) is 0 Å². The van der Waals surface area contributed by atoms with E-state index in [1.807, 2.05) is 0 Å². The van der Waals surface area contributed by atoms with Gasteiger partial charge in [0.05, 0.1) is 0 Å². The summed E-state index contributed by atoms with van der Waals surface area (Å²) in [7, 11) is 0. The zero-order valence-electron chi connectivity index (χ0n) is 51.6. The number of allylic oxidation sites excluding steroid dienone is 20. The molecule has 0 saturated heterocycles. The van der Waals surface area contributed by atoms with Gasteiger partial charge < -0.3 is 14.2 Å². The first-order valence-electron chi connectivity index (χ1n) is 33.0. The molecule has 0 saturated carbocycles. The van der Waals surface area contributed by atoms with Gasteiger partial charge in [-0.25, -0.2) is 0 Å². The van der Waals surface area contributed by atoms with Crippen molar-refractivity contribution in [3.05, 3.63) is 122 Å². The van der Waals surface area contributed by atoms with Crippen LogP contribution < -0.4 is 0 Å². The van der Waals surface area contributed by atoms with Crippen molar-refractivity contribution >= 4 is 17.9 Å². The predicted octanol–water partition coefficient (Wildman–Crippen LogP) is 22.8. The number of hydrogen-bond acceptors (Lipinski definition) is 6. The molecule has 0 aromatic carbocycles. The van der Waals surface area contributed by atoms with Gasteiger partial charge in [-0.05, 0) is 109 Å². The normalized spacial score (nSPS) is 12.9. The maximum Gasteiger partial charge on any atom is 0.306 e. The molecule has 0 aromatic rings. The molecule has 79 heavy (non-hydrogen) atoms. The van der Waals surface area contributed by atoms with E-state index in [4.69, 9.17) is 14.2 Å². The fourth-order valence-corrected chi connectivity index (χ4v) is 9.09. The summed E-state index contributed by atoms with van der Waals surface area (Å²) in [5.41, 5.74) is 0. The Kier molecular flexibility index (Phi) is 62.8. The van der Waals surface area contributed by atoms with Gasteiger partial charge in [-0.3, -0.25) is 14.4 Å². The van der Waals surface area contributed by atoms with Crippen LogP contribution >= 0.6 is 0 Å². The number of hydrogen-bond donors (Lipinski definition) is 0. The van der Waals surface area contributed by atoms with Crippen molar-refractivity contribution in [1.29, 1.82) is 0 Å². The molecule has 1 unspecified atom stereocenters. The standard InChI is InChI=1S/C73H122O6/c1-4-7-10-13-16-19-22-25-27-29-31-33-34-35-36-37-38-40-41-43-45-48-51-54-57-60-63-66-72(75)78-69-70(68-77-71(74)65-62-59-56-53-50-47-24-21-18-15-12-9-6-3)79-73(76)67-64-61-58-55-52-49-46-44-42-39-32-30-28-26-23-20-17-14-11-8-5-2/h7-8,10-11,16-17,19-20,25-28,31-33,39,44,46,52,55,70H,4-6,9,12-15,18,21-24,29-30,34-38,40-43,45,47-51,53-54,56-69H2,1-3H3/b10-7-,11-8-,19-16-,20-17-,27-25-,28-26-,33-31-,39-32-,46-44-,55-52-. The third-order valence-electron chi connectivity index (χ3n) is 14.0. The van der Waals surface area contributed by atoms with Gasteiger partial charge in [-0.15, -0.1) is 0 Å². The van der Waals surface area contributed by atoms with Gasteiger partial charge in [0.1, 0.15) is 13.2 Å². The molecule has 0 bridgehead atoms. The molecule has 0 aromatic heterocycles. The third kappa shape index (κ3) is 64.5. The molecule has 0 aliphatic carbocycles. The Bertz CT molecular complexity index is 1640. The van der Waals surface area contributed by atoms with Gasteiger partial charge in [0, 0.05) is 19.3 Å². The summed E-state index contributed by atoms with van der Waals surface area (Å²) >= 11 is 0. The van der Waals surface area contributed by atoms with E-state index in [1.165, 1.54) is 141 Å². The van der Waals surface area contributed by atoms with Crippen LogP contribution in [0.4, 0.5) is 0 Å². The van der Waals surface area contributed by atoms with Crippen molar-refractivity contribution < 1.29 is 28.6 Å². The number of esters is 3. The van der Waals surface area contributed by atoms with E-state index < -0.39 is 6.10 Å². The fourth-order valence-electron chi connectivity index (χ4n) is 9.09. The van der Waals surface area contributed by atoms with E-state index in [1.54, 1.807) is 0 Å². The average Bonchev–Trinajstić information content (AvgIpc) is 3.45. The molecule has 6 heteroatoms. The minimum atomic E-state index is -0.803. The number of carbonyl (C=O) groups excluding carboxylic acids is 3. The summed E-state index contributed by atoms with van der Waals surface area (Å²) in [6.07, 6.45) is 92.1. The van der Waals surface area contributed by atoms with Crippen LogP contribution in [-0.2, 0) is 28.6 Å². The van der Waals surface area contributed by atoms with Crippen LogP contribution in [0.3, 0.4) is 0 Å². The molecule has 0 radical (unpaired) electrons. The van der Waals surface area contributed by atoms with E-state index in [0.717, 1.165) is 116 Å². The lowest BCUT2D eigenvalue weighted by Gasteiger charge is -2.18. The first kappa shape index (κ1) is 74.8. The summed E-state index contributed by atoms with van der Waals surface area (Å²) in [4.78, 5) is 38.3. The van der Waals surface area contributed by atoms with Gasteiger partial charge in [-0.2, -0.15) is 0 Å². The van der Waals surface area contributed by atoms with Gasteiger partial charge in [0.25, 0.3) is 0 Å². The Labute approximate surface area is 488 Å². The summed E-state index contributed by atoms with van der Waals surface area (Å²) in [6.45, 7) is 6.40. The van der Waals surface area contributed by atoms with Gasteiger partial charge in [0.15, 0.2) is 6.10 Å². The van der Waals surface area contributed by atoms with Crippen molar-refractivity contribution in [2.75, 3.05) is 13.2 Å². The van der Waals surface area contributed by atoms with Crippen molar-refractivity contribution in [2.24, 2.45) is 0 Å². The lowest BCUT2D eigenvalue weighted by atomic mass is 10.0. The molecule has 0 aliphatic heterocycles. The first-order valence-corrected chi connectivity index (χ1v) is 33.0. The minimum Gasteiger partial charge on any atom is -0.462 e. The second-order valence-electron chi connectivity index (χ2n) is 21.6. The average molecular weight is 1100 g/mol. The highest BCUT2D eigenvalue weighted by molar-refractivity contribution is 5.71. The quantitative estimate of drug-likeness (QED) is 0.0261. The number of unbranched alkanes of at least 4 members (excludes halogenated alkanes) is 28. The van der Waals surface area contributed by atoms with Crippen molar-refractivity contribution in [3.63, 3.8) is 0 Å². The van der Waals surface area contributed by atoms with Gasteiger partial charge in [0.2, 0.25) is 0 Å². The van der Waals surface area contributed by atoms with Crippen LogP contribution in [0, 0.1) is 0 Å².